The van der Waals surface area contributed by atoms with Crippen molar-refractivity contribution in [3.8, 4) is 22.4 Å². The summed E-state index contributed by atoms with van der Waals surface area (Å²) in [5.74, 6) is 0. The maximum Gasteiger partial charge on any atom is 0.223 e. The van der Waals surface area contributed by atoms with Crippen molar-refractivity contribution in [2.24, 2.45) is 4.99 Å². The number of allylic oxidation sites excluding steroid dienone is 3. The minimum atomic E-state index is 0.0790. The second-order valence-corrected chi connectivity index (χ2v) is 19.2. The van der Waals surface area contributed by atoms with Crippen molar-refractivity contribution in [3.63, 3.8) is 0 Å². The zero-order chi connectivity index (χ0) is 38.7. The molecule has 0 atom stereocenters. The highest BCUT2D eigenvalue weighted by molar-refractivity contribution is 6.20. The first-order valence-corrected chi connectivity index (χ1v) is 19.3. The Kier molecular flexibility index (Phi) is 9.82. The van der Waals surface area contributed by atoms with Gasteiger partial charge < -0.3 is 4.48 Å². The molecular formula is C50H59BN2. The summed E-state index contributed by atoms with van der Waals surface area (Å²) in [6.07, 6.45) is 2.30. The largest absolute Gasteiger partial charge is 0.392 e. The van der Waals surface area contributed by atoms with Crippen molar-refractivity contribution < 1.29 is 0 Å². The molecule has 0 saturated carbocycles. The lowest BCUT2D eigenvalue weighted by atomic mass is 9.85. The zero-order valence-electron chi connectivity index (χ0n) is 34.8. The highest BCUT2D eigenvalue weighted by Gasteiger charge is 2.26. The number of nitrogens with zero attached hydrogens (tertiary/aromatic N) is 2. The average molecular weight is 699 g/mol. The third-order valence-corrected chi connectivity index (χ3v) is 10.9. The number of hydrogen-bond donors (Lipinski definition) is 0. The van der Waals surface area contributed by atoms with Gasteiger partial charge in [0.05, 0.1) is 11.4 Å². The van der Waals surface area contributed by atoms with Crippen molar-refractivity contribution in [1.82, 2.24) is 4.48 Å². The first kappa shape index (κ1) is 38.1. The summed E-state index contributed by atoms with van der Waals surface area (Å²) in [5.41, 5.74) is 18.3. The Labute approximate surface area is 321 Å². The van der Waals surface area contributed by atoms with E-state index in [1.165, 1.54) is 55.9 Å². The Morgan fingerprint density at radius 1 is 0.491 bits per heavy atom. The summed E-state index contributed by atoms with van der Waals surface area (Å²) in [6.45, 7) is 29.5. The Balaban J connectivity index is 1.57. The summed E-state index contributed by atoms with van der Waals surface area (Å²) < 4.78 is 2.38. The molecule has 4 aromatic carbocycles. The van der Waals surface area contributed by atoms with Gasteiger partial charge in [-0.3, -0.25) is 0 Å². The number of benzene rings is 4. The molecule has 0 bridgehead atoms. The third kappa shape index (κ3) is 7.86. The fraction of sp³-hybridized carbons (Fsp3) is 0.340. The fourth-order valence-electron chi connectivity index (χ4n) is 7.32. The van der Waals surface area contributed by atoms with Crippen LogP contribution >= 0.6 is 0 Å². The van der Waals surface area contributed by atoms with Crippen LogP contribution in [0.15, 0.2) is 120 Å². The summed E-state index contributed by atoms with van der Waals surface area (Å²) in [6, 6.07) is 38.8. The van der Waals surface area contributed by atoms with E-state index in [-0.39, 0.29) is 21.7 Å². The number of rotatable bonds is 5. The van der Waals surface area contributed by atoms with Gasteiger partial charge in [0, 0.05) is 28.1 Å². The molecule has 3 heteroatoms. The second kappa shape index (κ2) is 13.7. The van der Waals surface area contributed by atoms with E-state index < -0.39 is 0 Å². The van der Waals surface area contributed by atoms with E-state index >= 15 is 0 Å². The van der Waals surface area contributed by atoms with E-state index in [1.54, 1.807) is 0 Å². The van der Waals surface area contributed by atoms with Crippen molar-refractivity contribution >= 4 is 24.8 Å². The smallest absolute Gasteiger partial charge is 0.223 e. The van der Waals surface area contributed by atoms with Gasteiger partial charge in [0.1, 0.15) is 0 Å². The Morgan fingerprint density at radius 2 is 0.849 bits per heavy atom. The molecule has 1 aromatic heterocycles. The number of aromatic nitrogens is 1. The molecular weight excluding hydrogens is 639 g/mol. The molecule has 2 heterocycles. The molecule has 0 spiro atoms. The van der Waals surface area contributed by atoms with Crippen LogP contribution in [0.5, 0.6) is 0 Å². The van der Waals surface area contributed by atoms with E-state index in [0.717, 1.165) is 28.1 Å². The van der Waals surface area contributed by atoms with Crippen LogP contribution < -0.4 is 0 Å². The van der Waals surface area contributed by atoms with E-state index in [9.17, 15) is 0 Å². The highest BCUT2D eigenvalue weighted by Crippen LogP contribution is 2.43. The van der Waals surface area contributed by atoms with E-state index in [0.29, 0.717) is 0 Å². The van der Waals surface area contributed by atoms with Crippen LogP contribution in [0.1, 0.15) is 129 Å². The van der Waals surface area contributed by atoms with Crippen molar-refractivity contribution in [2.75, 3.05) is 0 Å². The first-order valence-electron chi connectivity index (χ1n) is 19.3. The van der Waals surface area contributed by atoms with Gasteiger partial charge >= 0.3 is 0 Å². The van der Waals surface area contributed by atoms with Crippen LogP contribution in [0.25, 0.3) is 33.5 Å². The molecule has 0 saturated heterocycles. The summed E-state index contributed by atoms with van der Waals surface area (Å²) in [7, 11) is 2.21. The molecule has 2 nitrogen and oxygen atoms in total. The lowest BCUT2D eigenvalue weighted by Gasteiger charge is -2.20. The normalized spacial score (nSPS) is 15.0. The summed E-state index contributed by atoms with van der Waals surface area (Å²) in [5, 5.41) is 0. The molecule has 0 unspecified atom stereocenters. The maximum atomic E-state index is 5.49. The van der Waals surface area contributed by atoms with Gasteiger partial charge in [0.15, 0.2) is 0 Å². The SMILES string of the molecule is Bn1c(-c2ccc(C(C)(C)C)cc2)cc(-c2ccc(C(C)(C)C)cc2)c1/C(C)=C1\N=C(c2ccc(C(C)(C)C)cc2)C=C1c1ccc(C(C)(C)C)cc1. The van der Waals surface area contributed by atoms with Crippen LogP contribution in [0.3, 0.4) is 0 Å². The van der Waals surface area contributed by atoms with Crippen LogP contribution in [0, 0.1) is 0 Å². The molecule has 5 aromatic rings. The van der Waals surface area contributed by atoms with E-state index in [4.69, 9.17) is 4.99 Å². The second-order valence-electron chi connectivity index (χ2n) is 19.2. The van der Waals surface area contributed by atoms with Crippen LogP contribution in [-0.2, 0) is 21.7 Å². The maximum absolute atomic E-state index is 5.49. The molecule has 1 aliphatic heterocycles. The Hall–Kier alpha value is -4.63. The molecule has 6 rings (SSSR count). The van der Waals surface area contributed by atoms with Crippen molar-refractivity contribution in [2.45, 2.75) is 112 Å². The van der Waals surface area contributed by atoms with E-state index in [1.807, 2.05) is 0 Å². The lowest BCUT2D eigenvalue weighted by Crippen LogP contribution is -2.11. The third-order valence-electron chi connectivity index (χ3n) is 10.9. The minimum Gasteiger partial charge on any atom is -0.392 e. The molecule has 272 valence electrons. The quantitative estimate of drug-likeness (QED) is 0.163. The minimum absolute atomic E-state index is 0.0790. The molecule has 0 amide bonds. The molecule has 1 aliphatic rings. The van der Waals surface area contributed by atoms with Crippen LogP contribution in [-0.4, -0.2) is 18.2 Å². The molecule has 0 radical (unpaired) electrons. The summed E-state index contributed by atoms with van der Waals surface area (Å²) >= 11 is 0. The van der Waals surface area contributed by atoms with Crippen LogP contribution in [0.4, 0.5) is 0 Å². The van der Waals surface area contributed by atoms with Gasteiger partial charge in [0.2, 0.25) is 7.98 Å². The fourth-order valence-corrected chi connectivity index (χ4v) is 7.32. The molecule has 0 N–H and O–H groups in total. The monoisotopic (exact) mass is 698 g/mol. The number of aliphatic imine (C=N–C) groups is 1. The van der Waals surface area contributed by atoms with Crippen molar-refractivity contribution in [1.29, 1.82) is 0 Å². The van der Waals surface area contributed by atoms with Gasteiger partial charge in [-0.05, 0) is 85.2 Å². The standard InChI is InChI=1S/C50H59BN2/c1-32(45-41(33-14-22-37(23-15-33)47(2,3)4)30-43(52-45)35-18-26-39(27-19-35)49(8,9)10)46-42(34-16-24-38(25-17-34)48(5,6)7)31-44(53(46)51)36-20-28-40(29-21-36)50(11,12)13/h14-31H,51H2,1-13H3/b45-32-. The lowest BCUT2D eigenvalue weighted by molar-refractivity contribution is 0.590. The van der Waals surface area contributed by atoms with Gasteiger partial charge in [-0.25, -0.2) is 4.99 Å². The zero-order valence-corrected chi connectivity index (χ0v) is 34.8. The topological polar surface area (TPSA) is 17.3 Å². The predicted molar refractivity (Wildman–Crippen MR) is 234 cm³/mol. The van der Waals surface area contributed by atoms with Gasteiger partial charge in [-0.2, -0.15) is 0 Å². The average Bonchev–Trinajstić information content (AvgIpc) is 3.69. The van der Waals surface area contributed by atoms with Crippen molar-refractivity contribution in [3.05, 3.63) is 154 Å². The highest BCUT2D eigenvalue weighted by atomic mass is 14.9. The Bertz CT molecular complexity index is 2210. The molecule has 0 fully saturated rings. The van der Waals surface area contributed by atoms with E-state index in [2.05, 4.69) is 212 Å². The predicted octanol–water partition coefficient (Wildman–Crippen LogP) is 12.7. The Morgan fingerprint density at radius 3 is 1.25 bits per heavy atom. The van der Waals surface area contributed by atoms with Gasteiger partial charge in [-0.1, -0.05) is 180 Å². The molecule has 0 aliphatic carbocycles. The van der Waals surface area contributed by atoms with Crippen LogP contribution in [0.2, 0.25) is 0 Å². The summed E-state index contributed by atoms with van der Waals surface area (Å²) in [4.78, 5) is 5.49. The van der Waals surface area contributed by atoms with Gasteiger partial charge in [-0.15, -0.1) is 0 Å². The molecule has 53 heavy (non-hydrogen) atoms. The van der Waals surface area contributed by atoms with Gasteiger partial charge in [0.25, 0.3) is 0 Å². The number of hydrogen-bond acceptors (Lipinski definition) is 1. The first-order chi connectivity index (χ1) is 24.6.